The molecule has 0 bridgehead atoms. The molecule has 8 aromatic carbocycles. The number of fused-ring (bicyclic) bond motifs is 6. The maximum absolute atomic E-state index is 5.48. The summed E-state index contributed by atoms with van der Waals surface area (Å²) in [7, 11) is 0. The van der Waals surface area contributed by atoms with Crippen molar-refractivity contribution in [3.63, 3.8) is 0 Å². The molecule has 0 amide bonds. The van der Waals surface area contributed by atoms with E-state index in [1.165, 1.54) is 20.9 Å². The Morgan fingerprint density at radius 3 is 1.85 bits per heavy atom. The molecule has 0 saturated heterocycles. The van der Waals surface area contributed by atoms with E-state index in [9.17, 15) is 0 Å². The van der Waals surface area contributed by atoms with E-state index in [1.54, 1.807) is 22.7 Å². The van der Waals surface area contributed by atoms with Crippen molar-refractivity contribution >= 4 is 74.6 Å². The van der Waals surface area contributed by atoms with Crippen LogP contribution in [0.2, 0.25) is 0 Å². The number of hydrogen-bond acceptors (Lipinski definition) is 6. The first-order valence-electron chi connectivity index (χ1n) is 17.9. The Labute approximate surface area is 318 Å². The van der Waals surface area contributed by atoms with E-state index in [1.807, 2.05) is 6.07 Å². The van der Waals surface area contributed by atoms with Crippen LogP contribution in [0.3, 0.4) is 0 Å². The molecule has 54 heavy (non-hydrogen) atoms. The highest BCUT2D eigenvalue weighted by atomic mass is 32.1. The number of nitrogens with zero attached hydrogens (tertiary/aromatic N) is 4. The molecule has 3 aromatic heterocycles. The normalized spacial score (nSPS) is 11.7. The zero-order chi connectivity index (χ0) is 35.6. The first-order chi connectivity index (χ1) is 26.7. The molecule has 0 aliphatic heterocycles. The lowest BCUT2D eigenvalue weighted by molar-refractivity contribution is 1.08. The maximum Gasteiger partial charge on any atom is 0.166 e. The van der Waals surface area contributed by atoms with Gasteiger partial charge in [-0.25, -0.2) is 19.9 Å². The second-order valence-corrected chi connectivity index (χ2v) is 15.5. The van der Waals surface area contributed by atoms with Crippen molar-refractivity contribution in [2.75, 3.05) is 0 Å². The number of thiazole rings is 1. The summed E-state index contributed by atoms with van der Waals surface area (Å²) in [5.41, 5.74) is 7.14. The van der Waals surface area contributed by atoms with Crippen LogP contribution in [0.4, 0.5) is 0 Å². The summed E-state index contributed by atoms with van der Waals surface area (Å²) < 4.78 is 3.45. The van der Waals surface area contributed by atoms with Gasteiger partial charge in [-0.05, 0) is 51.4 Å². The molecule has 0 fully saturated rings. The molecule has 11 aromatic rings. The molecule has 0 aliphatic carbocycles. The van der Waals surface area contributed by atoms with Gasteiger partial charge in [0.25, 0.3) is 0 Å². The molecule has 6 heteroatoms. The van der Waals surface area contributed by atoms with Crippen LogP contribution in [0.1, 0.15) is 0 Å². The Kier molecular flexibility index (Phi) is 7.18. The van der Waals surface area contributed by atoms with Gasteiger partial charge >= 0.3 is 0 Å². The van der Waals surface area contributed by atoms with Crippen LogP contribution < -0.4 is 0 Å². The number of rotatable bonds is 5. The fourth-order valence-corrected chi connectivity index (χ4v) is 9.87. The third-order valence-electron chi connectivity index (χ3n) is 10.1. The molecule has 0 aliphatic rings. The van der Waals surface area contributed by atoms with Crippen LogP contribution in [-0.2, 0) is 0 Å². The largest absolute Gasteiger partial charge is 0.236 e. The second kappa shape index (κ2) is 12.5. The standard InChI is InChI=1S/C48H28N4S2/c1-3-15-31(16-4-1)41-35-20-10-9-14-30(35)25-26-37(41)46-50-45(34-24-23-29-13-7-8-19-33(29)27-34)51-47(52-46)43-42-36-21-11-12-22-39(36)53-40(42)28-38-44(43)54-48(49-38)32-17-5-2-6-18-32/h1-28H. The van der Waals surface area contributed by atoms with E-state index in [4.69, 9.17) is 19.9 Å². The Hall–Kier alpha value is -6.60. The van der Waals surface area contributed by atoms with E-state index in [0.29, 0.717) is 17.5 Å². The number of aromatic nitrogens is 4. The topological polar surface area (TPSA) is 51.6 Å². The Morgan fingerprint density at radius 2 is 1.02 bits per heavy atom. The third kappa shape index (κ3) is 5.11. The van der Waals surface area contributed by atoms with Crippen molar-refractivity contribution in [3.8, 4) is 55.9 Å². The summed E-state index contributed by atoms with van der Waals surface area (Å²) in [6.45, 7) is 0. The van der Waals surface area contributed by atoms with Gasteiger partial charge in [0.05, 0.1) is 10.2 Å². The van der Waals surface area contributed by atoms with Crippen molar-refractivity contribution < 1.29 is 0 Å². The van der Waals surface area contributed by atoms with Gasteiger partial charge in [0, 0.05) is 48.0 Å². The molecule has 3 heterocycles. The van der Waals surface area contributed by atoms with Gasteiger partial charge in [0.2, 0.25) is 0 Å². The lowest BCUT2D eigenvalue weighted by atomic mass is 9.93. The predicted octanol–water partition coefficient (Wildman–Crippen LogP) is 13.5. The molecule has 252 valence electrons. The summed E-state index contributed by atoms with van der Waals surface area (Å²) in [5.74, 6) is 1.90. The third-order valence-corrected chi connectivity index (χ3v) is 12.4. The monoisotopic (exact) mass is 724 g/mol. The number of thiophene rings is 1. The van der Waals surface area contributed by atoms with Gasteiger partial charge in [-0.3, -0.25) is 0 Å². The van der Waals surface area contributed by atoms with Crippen molar-refractivity contribution in [1.82, 2.24) is 19.9 Å². The lowest BCUT2D eigenvalue weighted by Crippen LogP contribution is -2.02. The van der Waals surface area contributed by atoms with Crippen molar-refractivity contribution in [1.29, 1.82) is 0 Å². The fraction of sp³-hybridized carbons (Fsp3) is 0. The van der Waals surface area contributed by atoms with Crippen molar-refractivity contribution in [2.24, 2.45) is 0 Å². The number of benzene rings is 8. The minimum Gasteiger partial charge on any atom is -0.236 e. The maximum atomic E-state index is 5.48. The first kappa shape index (κ1) is 31.0. The predicted molar refractivity (Wildman–Crippen MR) is 228 cm³/mol. The summed E-state index contributed by atoms with van der Waals surface area (Å²) in [6, 6.07) is 59.7. The van der Waals surface area contributed by atoms with Gasteiger partial charge < -0.3 is 0 Å². The van der Waals surface area contributed by atoms with E-state index in [-0.39, 0.29) is 0 Å². The van der Waals surface area contributed by atoms with Gasteiger partial charge in [-0.1, -0.05) is 146 Å². The summed E-state index contributed by atoms with van der Waals surface area (Å²) in [5, 5.41) is 7.93. The molecule has 0 atom stereocenters. The zero-order valence-electron chi connectivity index (χ0n) is 28.8. The minimum absolute atomic E-state index is 0.630. The van der Waals surface area contributed by atoms with Crippen molar-refractivity contribution in [2.45, 2.75) is 0 Å². The van der Waals surface area contributed by atoms with E-state index < -0.39 is 0 Å². The van der Waals surface area contributed by atoms with Crippen LogP contribution in [-0.4, -0.2) is 19.9 Å². The minimum atomic E-state index is 0.630. The quantitative estimate of drug-likeness (QED) is 0.177. The highest BCUT2D eigenvalue weighted by molar-refractivity contribution is 7.26. The average molecular weight is 725 g/mol. The molecular formula is C48H28N4S2. The SMILES string of the molecule is c1ccc(-c2nc3cc4sc5ccccc5c4c(-c4nc(-c5ccc6ccccc6c5)nc(-c5ccc6ccccc6c5-c5ccccc5)n4)c3s2)cc1. The Bertz CT molecular complexity index is 3220. The zero-order valence-corrected chi connectivity index (χ0v) is 30.4. The first-order valence-corrected chi connectivity index (χ1v) is 19.5. The van der Waals surface area contributed by atoms with Gasteiger partial charge in [0.15, 0.2) is 17.5 Å². The Morgan fingerprint density at radius 1 is 0.370 bits per heavy atom. The van der Waals surface area contributed by atoms with Crippen LogP contribution in [0.15, 0.2) is 170 Å². The van der Waals surface area contributed by atoms with E-state index >= 15 is 0 Å². The van der Waals surface area contributed by atoms with Crippen LogP contribution >= 0.6 is 22.7 Å². The number of hydrogen-bond donors (Lipinski definition) is 0. The van der Waals surface area contributed by atoms with Crippen LogP contribution in [0, 0.1) is 0 Å². The van der Waals surface area contributed by atoms with Crippen molar-refractivity contribution in [3.05, 3.63) is 170 Å². The molecule has 0 unspecified atom stereocenters. The van der Waals surface area contributed by atoms with Gasteiger partial charge in [0.1, 0.15) is 5.01 Å². The fourth-order valence-electron chi connectivity index (χ4n) is 7.63. The lowest BCUT2D eigenvalue weighted by Gasteiger charge is -2.15. The van der Waals surface area contributed by atoms with Crippen LogP contribution in [0.5, 0.6) is 0 Å². The Balaban J connectivity index is 1.26. The average Bonchev–Trinajstić information content (AvgIpc) is 3.84. The summed E-state index contributed by atoms with van der Waals surface area (Å²) in [4.78, 5) is 21.4. The highest BCUT2D eigenvalue weighted by Gasteiger charge is 2.24. The molecule has 0 saturated carbocycles. The smallest absolute Gasteiger partial charge is 0.166 e. The molecule has 4 nitrogen and oxygen atoms in total. The van der Waals surface area contributed by atoms with Gasteiger partial charge in [-0.15, -0.1) is 22.7 Å². The molecular weight excluding hydrogens is 697 g/mol. The van der Waals surface area contributed by atoms with Crippen LogP contribution in [0.25, 0.3) is 108 Å². The molecule has 11 rings (SSSR count). The summed E-state index contributed by atoms with van der Waals surface area (Å²) >= 11 is 3.49. The molecule has 0 spiro atoms. The highest BCUT2D eigenvalue weighted by Crippen LogP contribution is 2.47. The van der Waals surface area contributed by atoms with E-state index in [0.717, 1.165) is 69.5 Å². The molecule has 0 radical (unpaired) electrons. The van der Waals surface area contributed by atoms with Gasteiger partial charge in [-0.2, -0.15) is 0 Å². The summed E-state index contributed by atoms with van der Waals surface area (Å²) in [6.07, 6.45) is 0. The van der Waals surface area contributed by atoms with E-state index in [2.05, 4.69) is 164 Å². The second-order valence-electron chi connectivity index (χ2n) is 13.4. The molecule has 0 N–H and O–H groups in total.